The average molecular weight is 260 g/mol. The monoisotopic (exact) mass is 260 g/mol. The Morgan fingerprint density at radius 1 is 0.737 bits per heavy atom. The van der Waals surface area contributed by atoms with Crippen LogP contribution in [0.15, 0.2) is 36.4 Å². The lowest BCUT2D eigenvalue weighted by Gasteiger charge is -1.99. The van der Waals surface area contributed by atoms with Gasteiger partial charge < -0.3 is 10.2 Å². The fourth-order valence-electron chi connectivity index (χ4n) is 1.61. The van der Waals surface area contributed by atoms with Crippen molar-refractivity contribution in [2.24, 2.45) is 0 Å². The molecule has 0 bridgehead atoms. The van der Waals surface area contributed by atoms with Gasteiger partial charge in [0.1, 0.15) is 11.5 Å². The van der Waals surface area contributed by atoms with Gasteiger partial charge in [-0.25, -0.2) is 0 Å². The molecule has 2 heteroatoms. The Kier molecular flexibility index (Phi) is 6.70. The maximum Gasteiger partial charge on any atom is 0.121 e. The molecule has 2 nitrogen and oxygen atoms in total. The van der Waals surface area contributed by atoms with Crippen LogP contribution in [0.4, 0.5) is 0 Å². The predicted molar refractivity (Wildman–Crippen MR) is 81.9 cm³/mol. The molecular weight excluding hydrogens is 236 g/mol. The van der Waals surface area contributed by atoms with E-state index in [4.69, 9.17) is 5.11 Å². The molecular formula is C17H24O2. The minimum Gasteiger partial charge on any atom is -0.508 e. The summed E-state index contributed by atoms with van der Waals surface area (Å²) >= 11 is 0. The average Bonchev–Trinajstić information content (AvgIpc) is 2.32. The smallest absolute Gasteiger partial charge is 0.121 e. The summed E-state index contributed by atoms with van der Waals surface area (Å²) in [6, 6.07) is 11.3. The van der Waals surface area contributed by atoms with Crippen LogP contribution in [0.2, 0.25) is 0 Å². The van der Waals surface area contributed by atoms with Crippen molar-refractivity contribution in [3.63, 3.8) is 0 Å². The molecule has 0 aliphatic rings. The quantitative estimate of drug-likeness (QED) is 0.723. The van der Waals surface area contributed by atoms with E-state index in [0.717, 1.165) is 16.7 Å². The molecule has 2 N–H and O–H groups in total. The van der Waals surface area contributed by atoms with Crippen LogP contribution in [0.25, 0.3) is 0 Å². The normalized spacial score (nSPS) is 9.05. The van der Waals surface area contributed by atoms with E-state index in [2.05, 4.69) is 0 Å². The Balaban J connectivity index is 0.000000324. The maximum absolute atomic E-state index is 9.21. The van der Waals surface area contributed by atoms with Gasteiger partial charge in [0.05, 0.1) is 0 Å². The van der Waals surface area contributed by atoms with Crippen LogP contribution in [0.3, 0.4) is 0 Å². The molecule has 0 aliphatic heterocycles. The molecule has 0 aliphatic carbocycles. The first kappa shape index (κ1) is 17.0. The Morgan fingerprint density at radius 3 is 1.63 bits per heavy atom. The van der Waals surface area contributed by atoms with Crippen molar-refractivity contribution in [2.75, 3.05) is 0 Å². The summed E-state index contributed by atoms with van der Waals surface area (Å²) in [5.41, 5.74) is 4.00. The molecule has 104 valence electrons. The molecule has 0 saturated heterocycles. The first-order chi connectivity index (χ1) is 8.41. The van der Waals surface area contributed by atoms with Gasteiger partial charge >= 0.3 is 0 Å². The maximum atomic E-state index is 9.21. The summed E-state index contributed by atoms with van der Waals surface area (Å²) in [6.07, 6.45) is 0. The topological polar surface area (TPSA) is 40.5 Å². The van der Waals surface area contributed by atoms with Crippen LogP contribution in [-0.4, -0.2) is 10.2 Å². The fourth-order valence-corrected chi connectivity index (χ4v) is 1.61. The second-order valence-corrected chi connectivity index (χ2v) is 4.53. The van der Waals surface area contributed by atoms with Gasteiger partial charge in [0, 0.05) is 0 Å². The highest BCUT2D eigenvalue weighted by Gasteiger charge is 1.95. The zero-order valence-electron chi connectivity index (χ0n) is 11.4. The number of hydrogen-bond acceptors (Lipinski definition) is 2. The van der Waals surface area contributed by atoms with Crippen molar-refractivity contribution in [3.05, 3.63) is 58.7 Å². The van der Waals surface area contributed by atoms with Gasteiger partial charge in [-0.15, -0.1) is 0 Å². The van der Waals surface area contributed by atoms with Gasteiger partial charge in [-0.1, -0.05) is 43.3 Å². The van der Waals surface area contributed by atoms with E-state index < -0.39 is 0 Å². The van der Waals surface area contributed by atoms with Crippen LogP contribution in [0.5, 0.6) is 11.5 Å². The summed E-state index contributed by atoms with van der Waals surface area (Å²) in [7, 11) is 0. The lowest BCUT2D eigenvalue weighted by atomic mass is 10.1. The van der Waals surface area contributed by atoms with E-state index >= 15 is 0 Å². The Hall–Kier alpha value is -1.96. The van der Waals surface area contributed by atoms with Crippen molar-refractivity contribution in [3.8, 4) is 11.5 Å². The van der Waals surface area contributed by atoms with Crippen molar-refractivity contribution in [1.29, 1.82) is 0 Å². The van der Waals surface area contributed by atoms with Crippen molar-refractivity contribution < 1.29 is 10.2 Å². The SMILES string of the molecule is C.Cc1ccc(O)c(C)c1.Cc1cccc(C)c1O. The highest BCUT2D eigenvalue weighted by molar-refractivity contribution is 5.38. The number of phenolic OH excluding ortho intramolecular Hbond substituents is 2. The van der Waals surface area contributed by atoms with Gasteiger partial charge in [-0.05, 0) is 50.5 Å². The highest BCUT2D eigenvalue weighted by atomic mass is 16.3. The molecule has 0 atom stereocenters. The molecule has 0 heterocycles. The minimum absolute atomic E-state index is 0. The summed E-state index contributed by atoms with van der Waals surface area (Å²) < 4.78 is 0. The van der Waals surface area contributed by atoms with Gasteiger partial charge in [0.25, 0.3) is 0 Å². The van der Waals surface area contributed by atoms with Gasteiger partial charge in [-0.2, -0.15) is 0 Å². The van der Waals surface area contributed by atoms with Crippen LogP contribution in [0.1, 0.15) is 29.7 Å². The zero-order valence-corrected chi connectivity index (χ0v) is 11.4. The van der Waals surface area contributed by atoms with E-state index in [1.807, 2.05) is 58.0 Å². The summed E-state index contributed by atoms with van der Waals surface area (Å²) in [5.74, 6) is 0.790. The van der Waals surface area contributed by atoms with E-state index in [-0.39, 0.29) is 7.43 Å². The first-order valence-electron chi connectivity index (χ1n) is 5.93. The van der Waals surface area contributed by atoms with E-state index in [9.17, 15) is 5.11 Å². The number of phenols is 2. The number of hydrogen-bond donors (Lipinski definition) is 2. The van der Waals surface area contributed by atoms with Crippen molar-refractivity contribution in [2.45, 2.75) is 35.1 Å². The van der Waals surface area contributed by atoms with Crippen LogP contribution in [0, 0.1) is 27.7 Å². The van der Waals surface area contributed by atoms with Gasteiger partial charge in [-0.3, -0.25) is 0 Å². The van der Waals surface area contributed by atoms with Crippen LogP contribution in [-0.2, 0) is 0 Å². The third-order valence-electron chi connectivity index (χ3n) is 2.79. The lowest BCUT2D eigenvalue weighted by molar-refractivity contribution is 0.467. The Labute approximate surface area is 116 Å². The van der Waals surface area contributed by atoms with E-state index in [0.29, 0.717) is 11.5 Å². The number of aryl methyl sites for hydroxylation is 4. The summed E-state index contributed by atoms with van der Waals surface area (Å²) in [5, 5.41) is 18.2. The van der Waals surface area contributed by atoms with Crippen molar-refractivity contribution in [1.82, 2.24) is 0 Å². The molecule has 19 heavy (non-hydrogen) atoms. The Morgan fingerprint density at radius 2 is 1.26 bits per heavy atom. The number of para-hydroxylation sites is 1. The standard InChI is InChI=1S/2C8H10O.CH4/c1-6-3-4-8(9)7(2)5-6;1-6-4-3-5-7(2)8(6)9;/h2*3-5,9H,1-2H3;1H4. The molecule has 2 aromatic carbocycles. The van der Waals surface area contributed by atoms with E-state index in [1.165, 1.54) is 5.56 Å². The van der Waals surface area contributed by atoms with E-state index in [1.54, 1.807) is 6.07 Å². The van der Waals surface area contributed by atoms with Crippen LogP contribution >= 0.6 is 0 Å². The third-order valence-corrected chi connectivity index (χ3v) is 2.79. The molecule has 0 fully saturated rings. The van der Waals surface area contributed by atoms with Gasteiger partial charge in [0.2, 0.25) is 0 Å². The van der Waals surface area contributed by atoms with Gasteiger partial charge in [0.15, 0.2) is 0 Å². The minimum atomic E-state index is 0. The van der Waals surface area contributed by atoms with Crippen LogP contribution < -0.4 is 0 Å². The molecule has 0 unspecified atom stereocenters. The number of aromatic hydroxyl groups is 2. The largest absolute Gasteiger partial charge is 0.508 e. The Bertz CT molecular complexity index is 511. The number of benzene rings is 2. The predicted octanol–water partition coefficient (Wildman–Crippen LogP) is 4.65. The van der Waals surface area contributed by atoms with Crippen molar-refractivity contribution >= 4 is 0 Å². The molecule has 0 radical (unpaired) electrons. The third kappa shape index (κ3) is 5.04. The highest BCUT2D eigenvalue weighted by Crippen LogP contribution is 2.19. The molecule has 0 amide bonds. The molecule has 0 aromatic heterocycles. The summed E-state index contributed by atoms with van der Waals surface area (Å²) in [6.45, 7) is 7.68. The molecule has 0 spiro atoms. The first-order valence-corrected chi connectivity index (χ1v) is 5.93. The molecule has 0 saturated carbocycles. The summed E-state index contributed by atoms with van der Waals surface area (Å²) in [4.78, 5) is 0. The molecule has 2 rings (SSSR count). The second-order valence-electron chi connectivity index (χ2n) is 4.53. The zero-order chi connectivity index (χ0) is 13.7. The fraction of sp³-hybridized carbons (Fsp3) is 0.294. The number of rotatable bonds is 0. The second kappa shape index (κ2) is 7.47. The lowest BCUT2D eigenvalue weighted by Crippen LogP contribution is -1.76. The molecule has 2 aromatic rings.